The molecule has 0 spiro atoms. The lowest BCUT2D eigenvalue weighted by Crippen LogP contribution is -2.28. The second kappa shape index (κ2) is 16.4. The Balaban J connectivity index is 0.000000923. The van der Waals surface area contributed by atoms with E-state index in [0.29, 0.717) is 12.2 Å². The molecule has 1 atom stereocenters. The van der Waals surface area contributed by atoms with Gasteiger partial charge < -0.3 is 15.4 Å². The van der Waals surface area contributed by atoms with Crippen LogP contribution in [0.2, 0.25) is 0 Å². The zero-order valence-corrected chi connectivity index (χ0v) is 24.0. The number of hydrogen-bond donors (Lipinski definition) is 3. The minimum atomic E-state index is -0.620. The number of aromatic nitrogens is 1. The van der Waals surface area contributed by atoms with E-state index in [1.54, 1.807) is 6.07 Å². The maximum absolute atomic E-state index is 13.3. The van der Waals surface area contributed by atoms with Crippen LogP contribution in [0.15, 0.2) is 48.5 Å². The maximum Gasteiger partial charge on any atom is 0.214 e. The second-order valence-electron chi connectivity index (χ2n) is 9.06. The van der Waals surface area contributed by atoms with Crippen LogP contribution < -0.4 is 21.2 Å². The first-order valence-corrected chi connectivity index (χ1v) is 13.0. The van der Waals surface area contributed by atoms with Gasteiger partial charge in [-0.2, -0.15) is 9.56 Å². The van der Waals surface area contributed by atoms with Crippen molar-refractivity contribution in [3.8, 4) is 0 Å². The van der Waals surface area contributed by atoms with Crippen molar-refractivity contribution in [3.05, 3.63) is 82.3 Å². The number of carbonyl (C=O) groups is 1. The van der Waals surface area contributed by atoms with Crippen LogP contribution in [0.3, 0.4) is 0 Å². The highest BCUT2D eigenvalue weighted by Gasteiger charge is 2.20. The Morgan fingerprint density at radius 3 is 2.13 bits per heavy atom. The van der Waals surface area contributed by atoms with E-state index >= 15 is 0 Å². The van der Waals surface area contributed by atoms with Gasteiger partial charge in [-0.05, 0) is 86.7 Å². The molecule has 3 aromatic rings. The fraction of sp³-hybridized carbons (Fsp3) is 0.400. The molecular formula is C30H44FN5O2. The van der Waals surface area contributed by atoms with Crippen molar-refractivity contribution in [2.24, 2.45) is 5.73 Å². The Bertz CT molecular complexity index is 1150. The van der Waals surface area contributed by atoms with Crippen LogP contribution in [-0.4, -0.2) is 23.5 Å². The number of aryl methyl sites for hydroxylation is 3. The van der Waals surface area contributed by atoms with E-state index < -0.39 is 5.95 Å². The van der Waals surface area contributed by atoms with Gasteiger partial charge in [-0.25, -0.2) is 4.98 Å². The van der Waals surface area contributed by atoms with E-state index in [1.165, 1.54) is 48.6 Å². The molecule has 1 heterocycles. The third-order valence-electron chi connectivity index (χ3n) is 6.24. The Morgan fingerprint density at radius 2 is 1.58 bits per heavy atom. The lowest BCUT2D eigenvalue weighted by molar-refractivity contribution is -0.106. The molecule has 38 heavy (non-hydrogen) atoms. The first-order valence-electron chi connectivity index (χ1n) is 13.0. The topological polar surface area (TPSA) is 94.7 Å². The molecule has 7 nitrogen and oxygen atoms in total. The third-order valence-corrected chi connectivity index (χ3v) is 6.24. The monoisotopic (exact) mass is 525 g/mol. The SMILES string of the molecule is CC=O.CCCC.Cc1cc(N(C)[C@H](C)c2cccc(C)c2CN)c(C)cc1N(O)Nc1cccc(F)n1. The van der Waals surface area contributed by atoms with Crippen molar-refractivity contribution >= 4 is 23.5 Å². The number of halogens is 1. The summed E-state index contributed by atoms with van der Waals surface area (Å²) in [5.74, 6) is -0.409. The number of carbonyl (C=O) groups excluding carboxylic acids is 1. The predicted molar refractivity (Wildman–Crippen MR) is 156 cm³/mol. The minimum Gasteiger partial charge on any atom is -0.368 e. The molecule has 2 aromatic carbocycles. The normalized spacial score (nSPS) is 10.8. The van der Waals surface area contributed by atoms with Crippen LogP contribution in [0.25, 0.3) is 0 Å². The summed E-state index contributed by atoms with van der Waals surface area (Å²) in [7, 11) is 2.06. The smallest absolute Gasteiger partial charge is 0.214 e. The fourth-order valence-electron chi connectivity index (χ4n) is 3.85. The minimum absolute atomic E-state index is 0.113. The number of unbranched alkanes of at least 4 members (excludes halogenated alkanes) is 1. The molecule has 0 amide bonds. The Kier molecular flexibility index (Phi) is 14.0. The van der Waals surface area contributed by atoms with Crippen LogP contribution in [0, 0.1) is 26.7 Å². The molecule has 0 fully saturated rings. The zero-order chi connectivity index (χ0) is 28.8. The van der Waals surface area contributed by atoms with Crippen LogP contribution in [0.5, 0.6) is 0 Å². The number of nitrogens with zero attached hydrogens (tertiary/aromatic N) is 3. The average Bonchev–Trinajstić information content (AvgIpc) is 2.89. The van der Waals surface area contributed by atoms with Crippen LogP contribution in [0.4, 0.5) is 21.6 Å². The number of anilines is 3. The highest BCUT2D eigenvalue weighted by atomic mass is 19.1. The van der Waals surface area contributed by atoms with Crippen molar-refractivity contribution in [2.75, 3.05) is 22.5 Å². The number of hydrazine groups is 1. The van der Waals surface area contributed by atoms with Gasteiger partial charge in [-0.3, -0.25) is 10.6 Å². The van der Waals surface area contributed by atoms with Crippen molar-refractivity contribution in [3.63, 3.8) is 0 Å². The van der Waals surface area contributed by atoms with Gasteiger partial charge in [0, 0.05) is 19.3 Å². The van der Waals surface area contributed by atoms with Crippen molar-refractivity contribution in [2.45, 2.75) is 73.9 Å². The number of hydrogen-bond acceptors (Lipinski definition) is 7. The quantitative estimate of drug-likeness (QED) is 0.165. The molecule has 208 valence electrons. The van der Waals surface area contributed by atoms with Crippen LogP contribution in [-0.2, 0) is 11.3 Å². The summed E-state index contributed by atoms with van der Waals surface area (Å²) in [5.41, 5.74) is 15.7. The van der Waals surface area contributed by atoms with Gasteiger partial charge in [0.25, 0.3) is 0 Å². The molecule has 8 heteroatoms. The van der Waals surface area contributed by atoms with Gasteiger partial charge in [0.2, 0.25) is 5.95 Å². The summed E-state index contributed by atoms with van der Waals surface area (Å²) < 4.78 is 13.3. The zero-order valence-electron chi connectivity index (χ0n) is 24.0. The Morgan fingerprint density at radius 1 is 1.03 bits per heavy atom. The molecule has 3 rings (SSSR count). The standard InChI is InChI=1S/C24H30FN5O.C4H10.C2H4O/c1-15-8-6-9-19(20(15)14-26)18(4)29(5)21-12-17(3)22(13-16(21)2)30(31)28-24-11-7-10-23(25)27-24;1-3-4-2;1-2-3/h6-13,18,31H,14,26H2,1-5H3,(H,27,28);3-4H2,1-2H3;2H,1H3/t18-;;/m1../s1. The number of nitrogens with two attached hydrogens (primary N) is 1. The third kappa shape index (κ3) is 9.11. The summed E-state index contributed by atoms with van der Waals surface area (Å²) in [6.07, 6.45) is 3.39. The summed E-state index contributed by atoms with van der Waals surface area (Å²) in [4.78, 5) is 14.7. The second-order valence-corrected chi connectivity index (χ2v) is 9.06. The molecule has 0 bridgehead atoms. The predicted octanol–water partition coefficient (Wildman–Crippen LogP) is 7.04. The molecule has 4 N–H and O–H groups in total. The number of nitrogens with one attached hydrogen (secondary N) is 1. The number of pyridine rings is 1. The van der Waals surface area contributed by atoms with E-state index in [1.807, 2.05) is 26.0 Å². The summed E-state index contributed by atoms with van der Waals surface area (Å²) in [6, 6.07) is 14.7. The lowest BCUT2D eigenvalue weighted by atomic mass is 9.95. The number of benzene rings is 2. The first-order chi connectivity index (χ1) is 18.1. The molecule has 1 aromatic heterocycles. The summed E-state index contributed by atoms with van der Waals surface area (Å²) in [6.45, 7) is 14.5. The Hall–Kier alpha value is -3.49. The molecular weight excluding hydrogens is 481 g/mol. The molecule has 0 radical (unpaired) electrons. The molecule has 0 aliphatic rings. The number of aldehydes is 1. The number of rotatable bonds is 8. The van der Waals surface area contributed by atoms with Crippen molar-refractivity contribution < 1.29 is 14.4 Å². The van der Waals surface area contributed by atoms with Gasteiger partial charge in [0.15, 0.2) is 0 Å². The average molecular weight is 526 g/mol. The van der Waals surface area contributed by atoms with Crippen molar-refractivity contribution in [1.29, 1.82) is 0 Å². The van der Waals surface area contributed by atoms with Crippen molar-refractivity contribution in [1.82, 2.24) is 4.98 Å². The van der Waals surface area contributed by atoms with E-state index in [-0.39, 0.29) is 11.9 Å². The first kappa shape index (κ1) is 32.5. The summed E-state index contributed by atoms with van der Waals surface area (Å²) in [5, 5.41) is 11.4. The summed E-state index contributed by atoms with van der Waals surface area (Å²) >= 11 is 0. The molecule has 0 unspecified atom stereocenters. The van der Waals surface area contributed by atoms with Crippen LogP contribution in [0.1, 0.15) is 74.4 Å². The van der Waals surface area contributed by atoms with Gasteiger partial charge in [0.05, 0.1) is 11.7 Å². The maximum atomic E-state index is 13.3. The van der Waals surface area contributed by atoms with E-state index in [4.69, 9.17) is 10.5 Å². The van der Waals surface area contributed by atoms with E-state index in [2.05, 4.69) is 68.3 Å². The van der Waals surface area contributed by atoms with E-state index in [0.717, 1.165) is 28.3 Å². The van der Waals surface area contributed by atoms with Gasteiger partial charge in [0.1, 0.15) is 12.1 Å². The molecule has 0 aliphatic carbocycles. The molecule has 0 saturated heterocycles. The fourth-order valence-corrected chi connectivity index (χ4v) is 3.85. The highest BCUT2D eigenvalue weighted by molar-refractivity contribution is 5.66. The van der Waals surface area contributed by atoms with Gasteiger partial charge in [-0.15, -0.1) is 0 Å². The largest absolute Gasteiger partial charge is 0.368 e. The van der Waals surface area contributed by atoms with E-state index in [9.17, 15) is 9.60 Å². The molecule has 0 aliphatic heterocycles. The Labute approximate surface area is 227 Å². The highest BCUT2D eigenvalue weighted by Crippen LogP contribution is 2.34. The van der Waals surface area contributed by atoms with Gasteiger partial charge >= 0.3 is 0 Å². The lowest BCUT2D eigenvalue weighted by Gasteiger charge is -2.32. The molecule has 0 saturated carbocycles. The van der Waals surface area contributed by atoms with Gasteiger partial charge in [-0.1, -0.05) is 51.0 Å². The van der Waals surface area contributed by atoms with Crippen LogP contribution >= 0.6 is 0 Å².